The van der Waals surface area contributed by atoms with E-state index in [0.29, 0.717) is 6.41 Å². The van der Waals surface area contributed by atoms with Crippen LogP contribution < -0.4 is 5.32 Å². The van der Waals surface area contributed by atoms with Crippen LogP contribution in [0, 0.1) is 0 Å². The van der Waals surface area contributed by atoms with Crippen LogP contribution in [-0.4, -0.2) is 11.5 Å². The highest BCUT2D eigenvalue weighted by atomic mass is 16.3. The molecule has 2 N–H and O–H groups in total. The summed E-state index contributed by atoms with van der Waals surface area (Å²) in [4.78, 5) is 10.0. The van der Waals surface area contributed by atoms with Crippen LogP contribution >= 0.6 is 0 Å². The summed E-state index contributed by atoms with van der Waals surface area (Å²) in [5.74, 6) is 0. The van der Waals surface area contributed by atoms with Gasteiger partial charge in [0.1, 0.15) is 0 Å². The fourth-order valence-corrected chi connectivity index (χ4v) is 0.926. The van der Waals surface area contributed by atoms with E-state index >= 15 is 0 Å². The number of carbonyl (C=O) groups is 1. The van der Waals surface area contributed by atoms with Gasteiger partial charge in [-0.1, -0.05) is 12.1 Å². The van der Waals surface area contributed by atoms with E-state index in [1.54, 1.807) is 31.2 Å². The van der Waals surface area contributed by atoms with E-state index in [-0.39, 0.29) is 0 Å². The van der Waals surface area contributed by atoms with Gasteiger partial charge in [-0.25, -0.2) is 0 Å². The molecule has 0 bridgehead atoms. The molecule has 0 radical (unpaired) electrons. The third kappa shape index (κ3) is 2.07. The number of aliphatic hydroxyl groups excluding tert-OH is 1. The number of anilines is 1. The molecule has 1 aromatic rings. The molecule has 1 aromatic carbocycles. The van der Waals surface area contributed by atoms with Crippen LogP contribution in [0.4, 0.5) is 5.69 Å². The average molecular weight is 165 g/mol. The van der Waals surface area contributed by atoms with Gasteiger partial charge in [-0.05, 0) is 24.6 Å². The Bertz CT molecular complexity index is 254. The lowest BCUT2D eigenvalue weighted by atomic mass is 10.1. The molecule has 0 aliphatic heterocycles. The molecule has 0 saturated heterocycles. The van der Waals surface area contributed by atoms with Crippen molar-refractivity contribution in [1.29, 1.82) is 0 Å². The number of hydrogen-bond acceptors (Lipinski definition) is 2. The predicted octanol–water partition coefficient (Wildman–Crippen LogP) is 1.31. The summed E-state index contributed by atoms with van der Waals surface area (Å²) in [6.07, 6.45) is 0.160. The number of nitrogens with one attached hydrogen (secondary N) is 1. The van der Waals surface area contributed by atoms with E-state index in [1.807, 2.05) is 0 Å². The number of benzene rings is 1. The van der Waals surface area contributed by atoms with Crippen molar-refractivity contribution in [3.8, 4) is 0 Å². The lowest BCUT2D eigenvalue weighted by molar-refractivity contribution is -0.105. The summed E-state index contributed by atoms with van der Waals surface area (Å²) in [5, 5.41) is 11.7. The van der Waals surface area contributed by atoms with Crippen LogP contribution in [0.1, 0.15) is 18.6 Å². The van der Waals surface area contributed by atoms with Gasteiger partial charge in [0, 0.05) is 5.69 Å². The smallest absolute Gasteiger partial charge is 0.211 e. The highest BCUT2D eigenvalue weighted by Crippen LogP contribution is 2.14. The Labute approximate surface area is 71.0 Å². The quantitative estimate of drug-likeness (QED) is 0.663. The van der Waals surface area contributed by atoms with Crippen LogP contribution in [0.3, 0.4) is 0 Å². The molecule has 64 valence electrons. The molecule has 3 nitrogen and oxygen atoms in total. The SMILES string of the molecule is C[C@H](O)c1ccc(NC=O)cc1. The molecule has 1 atom stereocenters. The van der Waals surface area contributed by atoms with Gasteiger partial charge >= 0.3 is 0 Å². The first-order valence-corrected chi connectivity index (χ1v) is 3.72. The summed E-state index contributed by atoms with van der Waals surface area (Å²) in [7, 11) is 0. The van der Waals surface area contributed by atoms with E-state index in [1.165, 1.54) is 0 Å². The minimum Gasteiger partial charge on any atom is -0.389 e. The molecular formula is C9H11NO2. The summed E-state index contributed by atoms with van der Waals surface area (Å²) >= 11 is 0. The molecule has 0 aliphatic rings. The highest BCUT2D eigenvalue weighted by Gasteiger charge is 1.98. The molecule has 0 aliphatic carbocycles. The van der Waals surface area contributed by atoms with Gasteiger partial charge < -0.3 is 10.4 Å². The lowest BCUT2D eigenvalue weighted by Gasteiger charge is -2.04. The second-order valence-electron chi connectivity index (χ2n) is 2.56. The second-order valence-corrected chi connectivity index (χ2v) is 2.56. The van der Waals surface area contributed by atoms with Crippen LogP contribution in [-0.2, 0) is 4.79 Å². The van der Waals surface area contributed by atoms with Gasteiger partial charge in [-0.15, -0.1) is 0 Å². The van der Waals surface area contributed by atoms with Crippen molar-refractivity contribution in [3.05, 3.63) is 29.8 Å². The van der Waals surface area contributed by atoms with Gasteiger partial charge in [0.05, 0.1) is 6.10 Å². The van der Waals surface area contributed by atoms with Crippen molar-refractivity contribution < 1.29 is 9.90 Å². The summed E-state index contributed by atoms with van der Waals surface area (Å²) in [6, 6.07) is 7.04. The molecule has 0 saturated carbocycles. The minimum absolute atomic E-state index is 0.463. The largest absolute Gasteiger partial charge is 0.389 e. The number of rotatable bonds is 3. The molecule has 0 heterocycles. The number of aliphatic hydroxyl groups is 1. The van der Waals surface area contributed by atoms with Gasteiger partial charge in [0.15, 0.2) is 0 Å². The Morgan fingerprint density at radius 3 is 2.42 bits per heavy atom. The number of carbonyl (C=O) groups excluding carboxylic acids is 1. The molecule has 12 heavy (non-hydrogen) atoms. The average Bonchev–Trinajstić information content (AvgIpc) is 2.06. The van der Waals surface area contributed by atoms with E-state index in [9.17, 15) is 4.79 Å². The topological polar surface area (TPSA) is 49.3 Å². The maximum absolute atomic E-state index is 10.0. The van der Waals surface area contributed by atoms with E-state index in [2.05, 4.69) is 5.32 Å². The molecular weight excluding hydrogens is 154 g/mol. The zero-order valence-electron chi connectivity index (χ0n) is 6.82. The van der Waals surface area contributed by atoms with Gasteiger partial charge in [-0.2, -0.15) is 0 Å². The zero-order chi connectivity index (χ0) is 8.97. The monoisotopic (exact) mass is 165 g/mol. The fourth-order valence-electron chi connectivity index (χ4n) is 0.926. The van der Waals surface area contributed by atoms with E-state index < -0.39 is 6.10 Å². The third-order valence-corrected chi connectivity index (χ3v) is 1.62. The van der Waals surface area contributed by atoms with Gasteiger partial charge in [0.2, 0.25) is 6.41 Å². The van der Waals surface area contributed by atoms with E-state index in [0.717, 1.165) is 11.3 Å². The van der Waals surface area contributed by atoms with Crippen LogP contribution in [0.5, 0.6) is 0 Å². The van der Waals surface area contributed by atoms with Crippen molar-refractivity contribution in [2.75, 3.05) is 5.32 Å². The Balaban J connectivity index is 2.78. The van der Waals surface area contributed by atoms with Gasteiger partial charge in [-0.3, -0.25) is 4.79 Å². The maximum atomic E-state index is 10.0. The Kier molecular flexibility index (Phi) is 2.82. The second kappa shape index (κ2) is 3.88. The van der Waals surface area contributed by atoms with Crippen molar-refractivity contribution in [1.82, 2.24) is 0 Å². The molecule has 0 unspecified atom stereocenters. The van der Waals surface area contributed by atoms with Crippen molar-refractivity contribution in [2.24, 2.45) is 0 Å². The predicted molar refractivity (Wildman–Crippen MR) is 46.8 cm³/mol. The van der Waals surface area contributed by atoms with Crippen LogP contribution in [0.2, 0.25) is 0 Å². The molecule has 3 heteroatoms. The molecule has 0 aromatic heterocycles. The van der Waals surface area contributed by atoms with Crippen molar-refractivity contribution in [2.45, 2.75) is 13.0 Å². The Morgan fingerprint density at radius 1 is 1.42 bits per heavy atom. The molecule has 0 fully saturated rings. The summed E-state index contributed by atoms with van der Waals surface area (Å²) in [6.45, 7) is 1.70. The maximum Gasteiger partial charge on any atom is 0.211 e. The Morgan fingerprint density at radius 2 is 2.00 bits per heavy atom. The zero-order valence-corrected chi connectivity index (χ0v) is 6.82. The minimum atomic E-state index is -0.463. The first kappa shape index (κ1) is 8.74. The molecule has 0 spiro atoms. The van der Waals surface area contributed by atoms with Crippen molar-refractivity contribution >= 4 is 12.1 Å². The lowest BCUT2D eigenvalue weighted by Crippen LogP contribution is -1.95. The Hall–Kier alpha value is -1.35. The van der Waals surface area contributed by atoms with Gasteiger partial charge in [0.25, 0.3) is 0 Å². The van der Waals surface area contributed by atoms with E-state index in [4.69, 9.17) is 5.11 Å². The first-order chi connectivity index (χ1) is 5.74. The highest BCUT2D eigenvalue weighted by molar-refractivity contribution is 5.71. The van der Waals surface area contributed by atoms with Crippen molar-refractivity contribution in [3.63, 3.8) is 0 Å². The summed E-state index contributed by atoms with van der Waals surface area (Å²) < 4.78 is 0. The number of hydrogen-bond donors (Lipinski definition) is 2. The third-order valence-electron chi connectivity index (χ3n) is 1.62. The number of amides is 1. The standard InChI is InChI=1S/C9H11NO2/c1-7(12)8-2-4-9(5-3-8)10-6-11/h2-7,12H,1H3,(H,10,11)/t7-/m0/s1. The molecule has 1 rings (SSSR count). The van der Waals surface area contributed by atoms with Crippen LogP contribution in [0.15, 0.2) is 24.3 Å². The normalized spacial score (nSPS) is 12.2. The first-order valence-electron chi connectivity index (χ1n) is 3.72. The van der Waals surface area contributed by atoms with Crippen LogP contribution in [0.25, 0.3) is 0 Å². The summed E-state index contributed by atoms with van der Waals surface area (Å²) in [5.41, 5.74) is 1.57. The fraction of sp³-hybridized carbons (Fsp3) is 0.222. The molecule has 1 amide bonds.